The van der Waals surface area contributed by atoms with Crippen LogP contribution >= 0.6 is 0 Å². The summed E-state index contributed by atoms with van der Waals surface area (Å²) in [4.78, 5) is 0. The van der Waals surface area contributed by atoms with Crippen LogP contribution in [0.5, 0.6) is 0 Å². The molecule has 0 aromatic rings. The van der Waals surface area contributed by atoms with Crippen LogP contribution < -0.4 is 5.32 Å². The molecular weight excluding hydrogens is 250 g/mol. The third-order valence-electron chi connectivity index (χ3n) is 4.11. The summed E-state index contributed by atoms with van der Waals surface area (Å²) in [5, 5.41) is 3.13. The van der Waals surface area contributed by atoms with Gasteiger partial charge in [-0.1, -0.05) is 6.42 Å². The molecule has 0 amide bonds. The average molecular weight is 275 g/mol. The van der Waals surface area contributed by atoms with Crippen LogP contribution in [0.2, 0.25) is 0 Å². The van der Waals surface area contributed by atoms with Crippen LogP contribution in [-0.4, -0.2) is 56.3 Å². The number of nitrogens with one attached hydrogen (secondary N) is 1. The molecule has 0 aliphatic carbocycles. The van der Waals surface area contributed by atoms with Crippen molar-refractivity contribution < 1.29 is 8.42 Å². The Balaban J connectivity index is 2.02. The van der Waals surface area contributed by atoms with Crippen LogP contribution in [0.4, 0.5) is 0 Å². The highest BCUT2D eigenvalue weighted by atomic mass is 32.2. The quantitative estimate of drug-likeness (QED) is 0.819. The van der Waals surface area contributed by atoms with Gasteiger partial charge in [-0.3, -0.25) is 0 Å². The Morgan fingerprint density at radius 2 is 2.00 bits per heavy atom. The molecule has 2 unspecified atom stereocenters. The lowest BCUT2D eigenvalue weighted by Gasteiger charge is -2.35. The molecule has 2 heterocycles. The maximum atomic E-state index is 12.6. The summed E-state index contributed by atoms with van der Waals surface area (Å²) in [5.74, 6) is 0.463. The highest BCUT2D eigenvalue weighted by molar-refractivity contribution is 7.86. The van der Waals surface area contributed by atoms with Crippen LogP contribution in [0, 0.1) is 5.92 Å². The van der Waals surface area contributed by atoms with E-state index in [-0.39, 0.29) is 6.04 Å². The number of hydrogen-bond donors (Lipinski definition) is 1. The molecule has 6 heteroatoms. The third-order valence-corrected chi connectivity index (χ3v) is 6.23. The number of hydrogen-bond acceptors (Lipinski definition) is 3. The van der Waals surface area contributed by atoms with Crippen LogP contribution in [0.15, 0.2) is 0 Å². The molecule has 0 aromatic heterocycles. The minimum atomic E-state index is -3.22. The summed E-state index contributed by atoms with van der Waals surface area (Å²) in [6.07, 6.45) is 4.11. The Bertz CT molecular complexity index is 372. The molecule has 2 fully saturated rings. The third kappa shape index (κ3) is 2.87. The van der Waals surface area contributed by atoms with E-state index in [1.807, 2.05) is 14.0 Å². The summed E-state index contributed by atoms with van der Waals surface area (Å²) in [5.41, 5.74) is 0. The van der Waals surface area contributed by atoms with E-state index in [0.717, 1.165) is 32.2 Å². The van der Waals surface area contributed by atoms with Gasteiger partial charge in [0.15, 0.2) is 0 Å². The van der Waals surface area contributed by atoms with Crippen molar-refractivity contribution in [1.29, 1.82) is 0 Å². The largest absolute Gasteiger partial charge is 0.319 e. The highest BCUT2D eigenvalue weighted by Crippen LogP contribution is 2.26. The molecule has 5 nitrogen and oxygen atoms in total. The second-order valence-electron chi connectivity index (χ2n) is 5.53. The van der Waals surface area contributed by atoms with E-state index in [4.69, 9.17) is 0 Å². The molecule has 2 rings (SSSR count). The molecule has 0 aromatic carbocycles. The minimum Gasteiger partial charge on any atom is -0.319 e. The maximum Gasteiger partial charge on any atom is 0.282 e. The van der Waals surface area contributed by atoms with Gasteiger partial charge in [0.05, 0.1) is 0 Å². The predicted octanol–water partition coefficient (Wildman–Crippen LogP) is 0.647. The molecule has 1 N–H and O–H groups in total. The van der Waals surface area contributed by atoms with Gasteiger partial charge in [0.1, 0.15) is 0 Å². The van der Waals surface area contributed by atoms with Crippen molar-refractivity contribution in [2.45, 2.75) is 38.6 Å². The van der Waals surface area contributed by atoms with Gasteiger partial charge in [-0.25, -0.2) is 0 Å². The standard InChI is InChI=1S/C12H25N3O2S/c1-11-5-3-4-7-15(11)18(16,17)14-8-6-12(10-14)9-13-2/h11-13H,3-10H2,1-2H3. The first-order valence-corrected chi connectivity index (χ1v) is 8.37. The zero-order valence-corrected chi connectivity index (χ0v) is 12.2. The smallest absolute Gasteiger partial charge is 0.282 e. The van der Waals surface area contributed by atoms with Crippen molar-refractivity contribution in [2.75, 3.05) is 33.2 Å². The van der Waals surface area contributed by atoms with Gasteiger partial charge in [-0.2, -0.15) is 17.0 Å². The van der Waals surface area contributed by atoms with Crippen molar-refractivity contribution >= 4 is 10.2 Å². The number of rotatable bonds is 4. The van der Waals surface area contributed by atoms with Gasteiger partial charge >= 0.3 is 0 Å². The fourth-order valence-electron chi connectivity index (χ4n) is 3.02. The zero-order valence-electron chi connectivity index (χ0n) is 11.4. The Hall–Kier alpha value is -0.170. The van der Waals surface area contributed by atoms with Gasteiger partial charge in [0.25, 0.3) is 10.2 Å². The second-order valence-corrected chi connectivity index (χ2v) is 7.41. The van der Waals surface area contributed by atoms with E-state index >= 15 is 0 Å². The monoisotopic (exact) mass is 275 g/mol. The molecular formula is C12H25N3O2S. The first-order valence-electron chi connectivity index (χ1n) is 6.97. The normalized spacial score (nSPS) is 31.9. The van der Waals surface area contributed by atoms with Crippen LogP contribution in [0.25, 0.3) is 0 Å². The molecule has 0 bridgehead atoms. The van der Waals surface area contributed by atoms with Gasteiger partial charge in [0, 0.05) is 25.7 Å². The van der Waals surface area contributed by atoms with E-state index < -0.39 is 10.2 Å². The second kappa shape index (κ2) is 5.86. The number of piperidine rings is 1. The van der Waals surface area contributed by atoms with Gasteiger partial charge in [0.2, 0.25) is 0 Å². The van der Waals surface area contributed by atoms with E-state index in [1.165, 1.54) is 0 Å². The van der Waals surface area contributed by atoms with E-state index in [2.05, 4.69) is 5.32 Å². The Morgan fingerprint density at radius 1 is 1.22 bits per heavy atom. The topological polar surface area (TPSA) is 52.7 Å². The zero-order chi connectivity index (χ0) is 13.2. The van der Waals surface area contributed by atoms with Gasteiger partial charge in [-0.05, 0) is 45.7 Å². The SMILES string of the molecule is CNCC1CCN(S(=O)(=O)N2CCCCC2C)C1. The Morgan fingerprint density at radius 3 is 2.67 bits per heavy atom. The average Bonchev–Trinajstić information content (AvgIpc) is 2.79. The van der Waals surface area contributed by atoms with Crippen molar-refractivity contribution in [1.82, 2.24) is 13.9 Å². The lowest BCUT2D eigenvalue weighted by atomic mass is 10.1. The van der Waals surface area contributed by atoms with Gasteiger partial charge < -0.3 is 5.32 Å². The fourth-order valence-corrected chi connectivity index (χ4v) is 4.98. The minimum absolute atomic E-state index is 0.159. The molecule has 2 aliphatic heterocycles. The molecule has 2 aliphatic rings. The first kappa shape index (κ1) is 14.2. The summed E-state index contributed by atoms with van der Waals surface area (Å²) < 4.78 is 28.5. The Labute approximate surface area is 111 Å². The highest BCUT2D eigenvalue weighted by Gasteiger charge is 2.38. The molecule has 18 heavy (non-hydrogen) atoms. The van der Waals surface area contributed by atoms with Crippen LogP contribution in [-0.2, 0) is 10.2 Å². The van der Waals surface area contributed by atoms with E-state index in [1.54, 1.807) is 8.61 Å². The fraction of sp³-hybridized carbons (Fsp3) is 1.00. The maximum absolute atomic E-state index is 12.6. The summed E-state index contributed by atoms with van der Waals surface area (Å²) in [7, 11) is -1.30. The van der Waals surface area contributed by atoms with Gasteiger partial charge in [-0.15, -0.1) is 0 Å². The lowest BCUT2D eigenvalue weighted by molar-refractivity contribution is 0.249. The van der Waals surface area contributed by atoms with E-state index in [0.29, 0.717) is 25.6 Å². The molecule has 2 saturated heterocycles. The van der Waals surface area contributed by atoms with Crippen molar-refractivity contribution in [3.63, 3.8) is 0 Å². The van der Waals surface area contributed by atoms with Crippen LogP contribution in [0.3, 0.4) is 0 Å². The van der Waals surface area contributed by atoms with E-state index in [9.17, 15) is 8.42 Å². The predicted molar refractivity (Wildman–Crippen MR) is 72.5 cm³/mol. The molecule has 0 radical (unpaired) electrons. The molecule has 2 atom stereocenters. The first-order chi connectivity index (χ1) is 8.55. The summed E-state index contributed by atoms with van der Waals surface area (Å²) in [6, 6.07) is 0.159. The molecule has 0 spiro atoms. The summed E-state index contributed by atoms with van der Waals surface area (Å²) in [6.45, 7) is 4.97. The number of nitrogens with zero attached hydrogens (tertiary/aromatic N) is 2. The van der Waals surface area contributed by atoms with Crippen molar-refractivity contribution in [3.8, 4) is 0 Å². The Kier molecular flexibility index (Phi) is 4.64. The lowest BCUT2D eigenvalue weighted by Crippen LogP contribution is -2.49. The molecule has 0 saturated carbocycles. The van der Waals surface area contributed by atoms with Crippen molar-refractivity contribution in [3.05, 3.63) is 0 Å². The summed E-state index contributed by atoms with van der Waals surface area (Å²) >= 11 is 0. The molecule has 106 valence electrons. The van der Waals surface area contributed by atoms with Crippen LogP contribution in [0.1, 0.15) is 32.6 Å². The van der Waals surface area contributed by atoms with Crippen molar-refractivity contribution in [2.24, 2.45) is 5.92 Å².